The van der Waals surface area contributed by atoms with Crippen LogP contribution in [0.4, 0.5) is 0 Å². The zero-order chi connectivity index (χ0) is 10.4. The molecule has 0 amide bonds. The lowest BCUT2D eigenvalue weighted by Gasteiger charge is -2.31. The van der Waals surface area contributed by atoms with Crippen LogP contribution < -0.4 is 0 Å². The summed E-state index contributed by atoms with van der Waals surface area (Å²) >= 11 is 0. The monoisotopic (exact) mass is 197 g/mol. The van der Waals surface area contributed by atoms with Gasteiger partial charge in [0.2, 0.25) is 0 Å². The zero-order valence-electron chi connectivity index (χ0n) is 8.87. The van der Waals surface area contributed by atoms with Gasteiger partial charge in [-0.25, -0.2) is 4.79 Å². The molecule has 0 aromatic rings. The average Bonchev–Trinajstić information content (AvgIpc) is 2.26. The molecule has 0 aliphatic carbocycles. The number of rotatable bonds is 4. The minimum Gasteiger partial charge on any atom is -0.462 e. The minimum absolute atomic E-state index is 0.307. The Morgan fingerprint density at radius 3 is 3.14 bits per heavy atom. The van der Waals surface area contributed by atoms with Gasteiger partial charge in [-0.3, -0.25) is 0 Å². The second-order valence-corrected chi connectivity index (χ2v) is 3.74. The molecular weight excluding hydrogens is 178 g/mol. The molecule has 0 radical (unpaired) electrons. The second-order valence-electron chi connectivity index (χ2n) is 3.74. The van der Waals surface area contributed by atoms with E-state index in [0.717, 1.165) is 13.1 Å². The van der Waals surface area contributed by atoms with Crippen LogP contribution in [0.15, 0.2) is 12.7 Å². The van der Waals surface area contributed by atoms with E-state index in [2.05, 4.69) is 18.4 Å². The Bertz CT molecular complexity index is 203. The van der Waals surface area contributed by atoms with Gasteiger partial charge in [-0.05, 0) is 25.9 Å². The van der Waals surface area contributed by atoms with Crippen LogP contribution in [0.5, 0.6) is 0 Å². The maximum atomic E-state index is 10.9. The summed E-state index contributed by atoms with van der Waals surface area (Å²) in [5, 5.41) is 0. The van der Waals surface area contributed by atoms with Crippen LogP contribution in [0.3, 0.4) is 0 Å². The Morgan fingerprint density at radius 2 is 2.50 bits per heavy atom. The third kappa shape index (κ3) is 3.50. The zero-order valence-corrected chi connectivity index (χ0v) is 8.87. The summed E-state index contributed by atoms with van der Waals surface area (Å²) in [7, 11) is 0. The van der Waals surface area contributed by atoms with Crippen molar-refractivity contribution < 1.29 is 9.53 Å². The van der Waals surface area contributed by atoms with Crippen molar-refractivity contribution in [2.45, 2.75) is 19.8 Å². The number of piperidine rings is 1. The number of esters is 1. The first-order chi connectivity index (χ1) is 6.76. The van der Waals surface area contributed by atoms with E-state index in [1.54, 1.807) is 0 Å². The van der Waals surface area contributed by atoms with Crippen molar-refractivity contribution >= 4 is 5.97 Å². The maximum absolute atomic E-state index is 10.9. The molecule has 1 atom stereocenters. The normalized spacial score (nSPS) is 23.1. The molecular formula is C11H19NO2. The molecule has 3 heteroatoms. The Labute approximate surface area is 85.7 Å². The number of carbonyl (C=O) groups excluding carboxylic acids is 1. The second kappa shape index (κ2) is 5.81. The largest absolute Gasteiger partial charge is 0.462 e. The molecule has 0 spiro atoms. The van der Waals surface area contributed by atoms with Crippen molar-refractivity contribution in [2.24, 2.45) is 5.92 Å². The first-order valence-electron chi connectivity index (χ1n) is 5.27. The molecule has 1 rings (SSSR count). The molecule has 80 valence electrons. The Hall–Kier alpha value is -0.830. The number of hydrogen-bond acceptors (Lipinski definition) is 3. The van der Waals surface area contributed by atoms with Crippen LogP contribution in [-0.2, 0) is 9.53 Å². The maximum Gasteiger partial charge on any atom is 0.330 e. The van der Waals surface area contributed by atoms with Gasteiger partial charge in [-0.2, -0.15) is 0 Å². The van der Waals surface area contributed by atoms with Crippen molar-refractivity contribution in [1.29, 1.82) is 0 Å². The van der Waals surface area contributed by atoms with Gasteiger partial charge < -0.3 is 9.64 Å². The van der Waals surface area contributed by atoms with Gasteiger partial charge in [0.25, 0.3) is 0 Å². The van der Waals surface area contributed by atoms with Crippen LogP contribution in [-0.4, -0.2) is 37.1 Å². The first-order valence-corrected chi connectivity index (χ1v) is 5.27. The predicted molar refractivity (Wildman–Crippen MR) is 56.0 cm³/mol. The molecule has 1 heterocycles. The van der Waals surface area contributed by atoms with Gasteiger partial charge in [-0.1, -0.05) is 13.5 Å². The topological polar surface area (TPSA) is 29.5 Å². The van der Waals surface area contributed by atoms with E-state index in [9.17, 15) is 4.79 Å². The highest BCUT2D eigenvalue weighted by Crippen LogP contribution is 2.16. The van der Waals surface area contributed by atoms with E-state index < -0.39 is 0 Å². The van der Waals surface area contributed by atoms with Crippen molar-refractivity contribution in [3.8, 4) is 0 Å². The van der Waals surface area contributed by atoms with Crippen LogP contribution in [0.25, 0.3) is 0 Å². The van der Waals surface area contributed by atoms with Crippen LogP contribution >= 0.6 is 0 Å². The van der Waals surface area contributed by atoms with Gasteiger partial charge in [0.15, 0.2) is 0 Å². The van der Waals surface area contributed by atoms with Gasteiger partial charge in [-0.15, -0.1) is 0 Å². The average molecular weight is 197 g/mol. The molecule has 1 fully saturated rings. The minimum atomic E-state index is -0.307. The molecule has 0 aromatic heterocycles. The van der Waals surface area contributed by atoms with E-state index in [0.29, 0.717) is 12.5 Å². The Morgan fingerprint density at radius 1 is 1.71 bits per heavy atom. The van der Waals surface area contributed by atoms with Crippen LogP contribution in [0.2, 0.25) is 0 Å². The number of hydrogen-bond donors (Lipinski definition) is 0. The van der Waals surface area contributed by atoms with E-state index in [1.165, 1.54) is 25.5 Å². The Balaban J connectivity index is 2.23. The van der Waals surface area contributed by atoms with Crippen molar-refractivity contribution in [3.05, 3.63) is 12.7 Å². The fourth-order valence-corrected chi connectivity index (χ4v) is 1.83. The fraction of sp³-hybridized carbons (Fsp3) is 0.727. The summed E-state index contributed by atoms with van der Waals surface area (Å²) in [6.45, 7) is 9.41. The number of nitrogens with zero attached hydrogens (tertiary/aromatic N) is 1. The highest BCUT2D eigenvalue weighted by Gasteiger charge is 2.19. The lowest BCUT2D eigenvalue weighted by Crippen LogP contribution is -2.37. The summed E-state index contributed by atoms with van der Waals surface area (Å²) in [5.41, 5.74) is 0. The van der Waals surface area contributed by atoms with E-state index in [4.69, 9.17) is 4.74 Å². The van der Waals surface area contributed by atoms with Crippen LogP contribution in [0, 0.1) is 5.92 Å². The first kappa shape index (κ1) is 11.2. The third-order valence-electron chi connectivity index (χ3n) is 2.68. The van der Waals surface area contributed by atoms with Crippen molar-refractivity contribution in [2.75, 3.05) is 26.2 Å². The van der Waals surface area contributed by atoms with Gasteiger partial charge in [0, 0.05) is 18.5 Å². The van der Waals surface area contributed by atoms with Crippen molar-refractivity contribution in [1.82, 2.24) is 4.90 Å². The molecule has 14 heavy (non-hydrogen) atoms. The lowest BCUT2D eigenvalue weighted by atomic mass is 9.99. The summed E-state index contributed by atoms with van der Waals surface area (Å²) in [5.74, 6) is 0.200. The predicted octanol–water partition coefficient (Wildman–Crippen LogP) is 1.45. The number of ether oxygens (including phenoxy) is 1. The third-order valence-corrected chi connectivity index (χ3v) is 2.68. The lowest BCUT2D eigenvalue weighted by molar-refractivity contribution is -0.139. The van der Waals surface area contributed by atoms with E-state index >= 15 is 0 Å². The quantitative estimate of drug-likeness (QED) is 0.504. The van der Waals surface area contributed by atoms with E-state index in [-0.39, 0.29) is 5.97 Å². The summed E-state index contributed by atoms with van der Waals surface area (Å²) in [6, 6.07) is 0. The molecule has 0 bridgehead atoms. The molecule has 3 nitrogen and oxygen atoms in total. The van der Waals surface area contributed by atoms with Gasteiger partial charge in [0.05, 0.1) is 6.61 Å². The molecule has 1 aliphatic heterocycles. The van der Waals surface area contributed by atoms with E-state index in [1.807, 2.05) is 0 Å². The molecule has 0 N–H and O–H groups in total. The van der Waals surface area contributed by atoms with Crippen molar-refractivity contribution in [3.63, 3.8) is 0 Å². The molecule has 1 aliphatic rings. The SMILES string of the molecule is C=CC(=O)OCC1CCCN(CC)C1. The smallest absolute Gasteiger partial charge is 0.330 e. The molecule has 1 unspecified atom stereocenters. The fourth-order valence-electron chi connectivity index (χ4n) is 1.83. The molecule has 0 aromatic carbocycles. The number of carbonyl (C=O) groups is 1. The standard InChI is InChI=1S/C11H19NO2/c1-3-11(13)14-9-10-6-5-7-12(4-2)8-10/h3,10H,1,4-9H2,2H3. The Kier molecular flexibility index (Phi) is 4.66. The van der Waals surface area contributed by atoms with Gasteiger partial charge >= 0.3 is 5.97 Å². The summed E-state index contributed by atoms with van der Waals surface area (Å²) in [4.78, 5) is 13.3. The summed E-state index contributed by atoms with van der Waals surface area (Å²) in [6.07, 6.45) is 3.60. The van der Waals surface area contributed by atoms with Crippen LogP contribution in [0.1, 0.15) is 19.8 Å². The molecule has 1 saturated heterocycles. The number of likely N-dealkylation sites (tertiary alicyclic amines) is 1. The highest BCUT2D eigenvalue weighted by atomic mass is 16.5. The highest BCUT2D eigenvalue weighted by molar-refractivity contribution is 5.81. The summed E-state index contributed by atoms with van der Waals surface area (Å²) < 4.78 is 5.04. The van der Waals surface area contributed by atoms with Gasteiger partial charge in [0.1, 0.15) is 0 Å². The molecule has 0 saturated carbocycles.